The Balaban J connectivity index is 3.08. The number of hydrogen-bond acceptors (Lipinski definition) is 2. The van der Waals surface area contributed by atoms with E-state index in [0.717, 1.165) is 0 Å². The molecule has 1 aromatic heterocycles. The summed E-state index contributed by atoms with van der Waals surface area (Å²) in [5.41, 5.74) is 0.483. The van der Waals surface area contributed by atoms with E-state index in [0.29, 0.717) is 15.2 Å². The lowest BCUT2D eigenvalue weighted by Gasteiger charge is -2.07. The van der Waals surface area contributed by atoms with Crippen LogP contribution in [0.25, 0.3) is 0 Å². The minimum Gasteiger partial charge on any atom is -0.481 e. The molecule has 13 heavy (non-hydrogen) atoms. The Morgan fingerprint density at radius 2 is 2.38 bits per heavy atom. The van der Waals surface area contributed by atoms with Crippen LogP contribution in [-0.4, -0.2) is 16.1 Å². The number of rotatable bonds is 2. The predicted octanol–water partition coefficient (Wildman–Crippen LogP) is 2.69. The Bertz CT molecular complexity index is 343. The van der Waals surface area contributed by atoms with Crippen molar-refractivity contribution in [3.63, 3.8) is 0 Å². The first-order valence-corrected chi connectivity index (χ1v) is 4.73. The third-order valence-electron chi connectivity index (χ3n) is 1.62. The Morgan fingerprint density at radius 1 is 1.77 bits per heavy atom. The summed E-state index contributed by atoms with van der Waals surface area (Å²) in [6.07, 6.45) is 1.43. The first-order chi connectivity index (χ1) is 6.02. The average Bonchev–Trinajstić information content (AvgIpc) is 2.03. The molecule has 0 bridgehead atoms. The highest BCUT2D eigenvalue weighted by molar-refractivity contribution is 9.10. The van der Waals surface area contributed by atoms with Gasteiger partial charge in [0.15, 0.2) is 0 Å². The van der Waals surface area contributed by atoms with Crippen LogP contribution in [0.1, 0.15) is 18.5 Å². The molecular weight excluding hydrogens is 257 g/mol. The van der Waals surface area contributed by atoms with Crippen LogP contribution in [0.15, 0.2) is 16.7 Å². The summed E-state index contributed by atoms with van der Waals surface area (Å²) in [7, 11) is 0. The SMILES string of the molecule is CC(C(=O)O)c1ncc(Cl)cc1Br. The molecule has 0 saturated carbocycles. The number of carboxylic acid groups (broad SMARTS) is 1. The Hall–Kier alpha value is -0.610. The maximum absolute atomic E-state index is 10.6. The van der Waals surface area contributed by atoms with Crippen molar-refractivity contribution in [3.05, 3.63) is 27.5 Å². The zero-order valence-electron chi connectivity index (χ0n) is 6.79. The first-order valence-electron chi connectivity index (χ1n) is 3.56. The van der Waals surface area contributed by atoms with E-state index in [9.17, 15) is 4.79 Å². The molecule has 0 fully saturated rings. The molecule has 0 aliphatic rings. The smallest absolute Gasteiger partial charge is 0.312 e. The van der Waals surface area contributed by atoms with Gasteiger partial charge in [-0.1, -0.05) is 11.6 Å². The molecule has 0 aliphatic heterocycles. The van der Waals surface area contributed by atoms with Gasteiger partial charge in [0.25, 0.3) is 0 Å². The minimum atomic E-state index is -0.907. The van der Waals surface area contributed by atoms with Gasteiger partial charge in [0, 0.05) is 10.7 Å². The normalized spacial score (nSPS) is 12.5. The molecule has 5 heteroatoms. The van der Waals surface area contributed by atoms with Crippen molar-refractivity contribution in [2.45, 2.75) is 12.8 Å². The average molecular weight is 265 g/mol. The fourth-order valence-corrected chi connectivity index (χ4v) is 1.84. The van der Waals surface area contributed by atoms with Gasteiger partial charge in [-0.25, -0.2) is 0 Å². The van der Waals surface area contributed by atoms with Crippen molar-refractivity contribution in [2.75, 3.05) is 0 Å². The molecule has 1 atom stereocenters. The van der Waals surface area contributed by atoms with Crippen LogP contribution in [0, 0.1) is 0 Å². The third-order valence-corrected chi connectivity index (χ3v) is 2.46. The van der Waals surface area contributed by atoms with Gasteiger partial charge in [-0.15, -0.1) is 0 Å². The largest absolute Gasteiger partial charge is 0.481 e. The van der Waals surface area contributed by atoms with E-state index >= 15 is 0 Å². The standard InChI is InChI=1S/C8H7BrClNO2/c1-4(8(12)13)7-6(9)2-5(10)3-11-7/h2-4H,1H3,(H,12,13). The van der Waals surface area contributed by atoms with Gasteiger partial charge in [0.1, 0.15) is 0 Å². The molecule has 0 saturated heterocycles. The van der Waals surface area contributed by atoms with E-state index in [4.69, 9.17) is 16.7 Å². The van der Waals surface area contributed by atoms with Gasteiger partial charge < -0.3 is 5.11 Å². The van der Waals surface area contributed by atoms with Gasteiger partial charge >= 0.3 is 5.97 Å². The summed E-state index contributed by atoms with van der Waals surface area (Å²) >= 11 is 8.87. The number of hydrogen-bond donors (Lipinski definition) is 1. The maximum atomic E-state index is 10.6. The van der Waals surface area contributed by atoms with Gasteiger partial charge in [-0.2, -0.15) is 0 Å². The van der Waals surface area contributed by atoms with Crippen molar-refractivity contribution < 1.29 is 9.90 Å². The minimum absolute atomic E-state index is 0.480. The number of carboxylic acids is 1. The van der Waals surface area contributed by atoms with E-state index in [1.54, 1.807) is 13.0 Å². The van der Waals surface area contributed by atoms with Crippen LogP contribution in [0.4, 0.5) is 0 Å². The van der Waals surface area contributed by atoms with Crippen LogP contribution in [-0.2, 0) is 4.79 Å². The molecule has 1 aromatic rings. The number of nitrogens with zero attached hydrogens (tertiary/aromatic N) is 1. The highest BCUT2D eigenvalue weighted by atomic mass is 79.9. The van der Waals surface area contributed by atoms with Crippen LogP contribution in [0.5, 0.6) is 0 Å². The zero-order chi connectivity index (χ0) is 10.0. The molecule has 0 radical (unpaired) electrons. The summed E-state index contributed by atoms with van der Waals surface area (Å²) in [6, 6.07) is 1.63. The molecule has 1 heterocycles. The molecule has 3 nitrogen and oxygen atoms in total. The zero-order valence-corrected chi connectivity index (χ0v) is 9.13. The van der Waals surface area contributed by atoms with Crippen molar-refractivity contribution in [3.8, 4) is 0 Å². The highest BCUT2D eigenvalue weighted by Gasteiger charge is 2.17. The number of halogens is 2. The van der Waals surface area contributed by atoms with Gasteiger partial charge in [-0.05, 0) is 28.9 Å². The molecule has 0 amide bonds. The first kappa shape index (κ1) is 10.5. The van der Waals surface area contributed by atoms with Gasteiger partial charge in [-0.3, -0.25) is 9.78 Å². The van der Waals surface area contributed by atoms with Crippen LogP contribution >= 0.6 is 27.5 Å². The topological polar surface area (TPSA) is 50.2 Å². The van der Waals surface area contributed by atoms with Gasteiger partial charge in [0.05, 0.1) is 16.6 Å². The lowest BCUT2D eigenvalue weighted by atomic mass is 10.1. The molecule has 70 valence electrons. The monoisotopic (exact) mass is 263 g/mol. The predicted molar refractivity (Wildman–Crippen MR) is 53.0 cm³/mol. The van der Waals surface area contributed by atoms with Crippen molar-refractivity contribution >= 4 is 33.5 Å². The second kappa shape index (κ2) is 4.07. The van der Waals surface area contributed by atoms with E-state index < -0.39 is 11.9 Å². The summed E-state index contributed by atoms with van der Waals surface area (Å²) < 4.78 is 0.620. The third kappa shape index (κ3) is 2.42. The summed E-state index contributed by atoms with van der Waals surface area (Å²) in [4.78, 5) is 14.6. The number of aromatic nitrogens is 1. The number of pyridine rings is 1. The molecule has 0 aliphatic carbocycles. The van der Waals surface area contributed by atoms with Crippen molar-refractivity contribution in [1.29, 1.82) is 0 Å². The molecule has 0 spiro atoms. The van der Waals surface area contributed by atoms with Crippen LogP contribution in [0.3, 0.4) is 0 Å². The maximum Gasteiger partial charge on any atom is 0.312 e. The molecular formula is C8H7BrClNO2. The van der Waals surface area contributed by atoms with E-state index in [1.165, 1.54) is 6.20 Å². The fourth-order valence-electron chi connectivity index (χ4n) is 0.861. The van der Waals surface area contributed by atoms with Gasteiger partial charge in [0.2, 0.25) is 0 Å². The van der Waals surface area contributed by atoms with Crippen LogP contribution < -0.4 is 0 Å². The number of aliphatic carboxylic acids is 1. The lowest BCUT2D eigenvalue weighted by Crippen LogP contribution is -2.09. The quantitative estimate of drug-likeness (QED) is 0.893. The summed E-state index contributed by atoms with van der Waals surface area (Å²) in [5.74, 6) is -1.54. The summed E-state index contributed by atoms with van der Waals surface area (Å²) in [5, 5.41) is 9.22. The number of carbonyl (C=O) groups is 1. The Kier molecular flexibility index (Phi) is 3.27. The lowest BCUT2D eigenvalue weighted by molar-refractivity contribution is -0.138. The van der Waals surface area contributed by atoms with Crippen LogP contribution in [0.2, 0.25) is 5.02 Å². The molecule has 1 N–H and O–H groups in total. The van der Waals surface area contributed by atoms with Crippen molar-refractivity contribution in [1.82, 2.24) is 4.98 Å². The van der Waals surface area contributed by atoms with E-state index in [1.807, 2.05) is 0 Å². The second-order valence-corrected chi connectivity index (χ2v) is 3.87. The van der Waals surface area contributed by atoms with E-state index in [-0.39, 0.29) is 0 Å². The Labute approximate surface area is 88.9 Å². The Morgan fingerprint density at radius 3 is 2.85 bits per heavy atom. The molecule has 1 unspecified atom stereocenters. The summed E-state index contributed by atoms with van der Waals surface area (Å²) in [6.45, 7) is 1.57. The second-order valence-electron chi connectivity index (χ2n) is 2.58. The van der Waals surface area contributed by atoms with E-state index in [2.05, 4.69) is 20.9 Å². The van der Waals surface area contributed by atoms with Crippen molar-refractivity contribution in [2.24, 2.45) is 0 Å². The molecule has 1 rings (SSSR count). The molecule has 0 aromatic carbocycles. The highest BCUT2D eigenvalue weighted by Crippen LogP contribution is 2.25. The fraction of sp³-hybridized carbons (Fsp3) is 0.250.